The van der Waals surface area contributed by atoms with Crippen LogP contribution in [0.4, 0.5) is 0 Å². The summed E-state index contributed by atoms with van der Waals surface area (Å²) in [6.07, 6.45) is 0.455. The number of hydrogen-bond acceptors (Lipinski definition) is 4. The van der Waals surface area contributed by atoms with E-state index >= 15 is 0 Å². The Bertz CT molecular complexity index is 346. The second kappa shape index (κ2) is 4.93. The van der Waals surface area contributed by atoms with Crippen LogP contribution >= 0.6 is 0 Å². The Morgan fingerprint density at radius 2 is 2.40 bits per heavy atom. The largest absolute Gasteiger partial charge is 0.465 e. The van der Waals surface area contributed by atoms with Gasteiger partial charge in [0.1, 0.15) is 6.04 Å². The molecule has 1 atom stereocenters. The van der Waals surface area contributed by atoms with E-state index in [4.69, 9.17) is 10.5 Å². The molecule has 0 radical (unpaired) electrons. The first-order valence-corrected chi connectivity index (χ1v) is 4.96. The van der Waals surface area contributed by atoms with Crippen molar-refractivity contribution in [3.05, 3.63) is 17.5 Å². The normalized spacial score (nSPS) is 12.5. The van der Waals surface area contributed by atoms with Crippen LogP contribution in [-0.4, -0.2) is 28.4 Å². The lowest BCUT2D eigenvalue weighted by Crippen LogP contribution is -2.34. The fourth-order valence-corrected chi connectivity index (χ4v) is 1.41. The van der Waals surface area contributed by atoms with Crippen molar-refractivity contribution >= 4 is 5.97 Å². The monoisotopic (exact) mass is 211 g/mol. The van der Waals surface area contributed by atoms with Crippen molar-refractivity contribution in [3.63, 3.8) is 0 Å². The molecule has 15 heavy (non-hydrogen) atoms. The standard InChI is InChI=1S/C10H17N3O2/c1-4-15-10(14)9(11)6-8-5-7(2)12-13(8)3/h5,9H,4,6,11H2,1-3H3. The van der Waals surface area contributed by atoms with E-state index in [2.05, 4.69) is 5.10 Å². The third-order valence-electron chi connectivity index (χ3n) is 2.12. The fraction of sp³-hybridized carbons (Fsp3) is 0.600. The van der Waals surface area contributed by atoms with E-state index in [1.54, 1.807) is 11.6 Å². The predicted molar refractivity (Wildman–Crippen MR) is 56.3 cm³/mol. The van der Waals surface area contributed by atoms with Crippen LogP contribution in [0.2, 0.25) is 0 Å². The summed E-state index contributed by atoms with van der Waals surface area (Å²) in [5.41, 5.74) is 7.56. The van der Waals surface area contributed by atoms with E-state index in [0.29, 0.717) is 13.0 Å². The van der Waals surface area contributed by atoms with Gasteiger partial charge in [-0.05, 0) is 19.9 Å². The van der Waals surface area contributed by atoms with Gasteiger partial charge in [-0.25, -0.2) is 0 Å². The van der Waals surface area contributed by atoms with Crippen molar-refractivity contribution in [1.29, 1.82) is 0 Å². The summed E-state index contributed by atoms with van der Waals surface area (Å²) in [4.78, 5) is 11.3. The third kappa shape index (κ3) is 3.06. The lowest BCUT2D eigenvalue weighted by molar-refractivity contribution is -0.144. The highest BCUT2D eigenvalue weighted by atomic mass is 16.5. The molecule has 0 aromatic carbocycles. The molecule has 0 saturated heterocycles. The summed E-state index contributed by atoms with van der Waals surface area (Å²) in [5, 5.41) is 4.18. The van der Waals surface area contributed by atoms with Gasteiger partial charge in [0.15, 0.2) is 0 Å². The maximum absolute atomic E-state index is 11.3. The lowest BCUT2D eigenvalue weighted by Gasteiger charge is -2.10. The number of aromatic nitrogens is 2. The van der Waals surface area contributed by atoms with Gasteiger partial charge in [0.25, 0.3) is 0 Å². The molecule has 1 aromatic heterocycles. The molecule has 0 aliphatic carbocycles. The first-order valence-electron chi connectivity index (χ1n) is 4.96. The van der Waals surface area contributed by atoms with Crippen molar-refractivity contribution in [2.24, 2.45) is 12.8 Å². The molecule has 5 heteroatoms. The minimum absolute atomic E-state index is 0.358. The lowest BCUT2D eigenvalue weighted by atomic mass is 10.1. The van der Waals surface area contributed by atoms with Crippen LogP contribution < -0.4 is 5.73 Å². The Morgan fingerprint density at radius 3 is 2.87 bits per heavy atom. The molecule has 0 aliphatic rings. The molecular weight excluding hydrogens is 194 g/mol. The number of rotatable bonds is 4. The van der Waals surface area contributed by atoms with E-state index in [1.165, 1.54) is 0 Å². The van der Waals surface area contributed by atoms with E-state index in [1.807, 2.05) is 20.0 Å². The molecule has 1 unspecified atom stereocenters. The first kappa shape index (κ1) is 11.7. The van der Waals surface area contributed by atoms with Crippen molar-refractivity contribution in [3.8, 4) is 0 Å². The Labute approximate surface area is 89.2 Å². The van der Waals surface area contributed by atoms with E-state index in [9.17, 15) is 4.79 Å². The second-order valence-corrected chi connectivity index (χ2v) is 3.46. The van der Waals surface area contributed by atoms with Gasteiger partial charge >= 0.3 is 5.97 Å². The maximum Gasteiger partial charge on any atom is 0.323 e. The molecule has 0 fully saturated rings. The average molecular weight is 211 g/mol. The number of esters is 1. The van der Waals surface area contributed by atoms with Crippen LogP contribution in [0.1, 0.15) is 18.3 Å². The Hall–Kier alpha value is -1.36. The molecule has 1 heterocycles. The quantitative estimate of drug-likeness (QED) is 0.720. The Kier molecular flexibility index (Phi) is 3.85. The maximum atomic E-state index is 11.3. The van der Waals surface area contributed by atoms with Crippen LogP contribution in [0.25, 0.3) is 0 Å². The van der Waals surface area contributed by atoms with Gasteiger partial charge in [-0.15, -0.1) is 0 Å². The number of nitrogens with two attached hydrogens (primary N) is 1. The molecule has 0 spiro atoms. The third-order valence-corrected chi connectivity index (χ3v) is 2.12. The number of carbonyl (C=O) groups excluding carboxylic acids is 1. The zero-order chi connectivity index (χ0) is 11.4. The number of carbonyl (C=O) groups is 1. The highest BCUT2D eigenvalue weighted by molar-refractivity contribution is 5.75. The van der Waals surface area contributed by atoms with E-state index in [0.717, 1.165) is 11.4 Å². The number of hydrogen-bond donors (Lipinski definition) is 1. The first-order chi connectivity index (χ1) is 7.04. The van der Waals surface area contributed by atoms with Crippen LogP contribution in [0.15, 0.2) is 6.07 Å². The molecule has 84 valence electrons. The molecule has 0 saturated carbocycles. The van der Waals surface area contributed by atoms with E-state index < -0.39 is 6.04 Å². The van der Waals surface area contributed by atoms with Crippen LogP contribution in [0.5, 0.6) is 0 Å². The molecule has 1 rings (SSSR count). The fourth-order valence-electron chi connectivity index (χ4n) is 1.41. The summed E-state index contributed by atoms with van der Waals surface area (Å²) in [6, 6.07) is 1.30. The smallest absolute Gasteiger partial charge is 0.323 e. The average Bonchev–Trinajstić information content (AvgIpc) is 2.45. The van der Waals surface area contributed by atoms with Crippen LogP contribution in [0, 0.1) is 6.92 Å². The highest BCUT2D eigenvalue weighted by Gasteiger charge is 2.17. The van der Waals surface area contributed by atoms with Gasteiger partial charge in [-0.1, -0.05) is 0 Å². The van der Waals surface area contributed by atoms with Crippen molar-refractivity contribution in [2.45, 2.75) is 26.3 Å². The molecule has 1 aromatic rings. The highest BCUT2D eigenvalue weighted by Crippen LogP contribution is 2.05. The van der Waals surface area contributed by atoms with Crippen molar-refractivity contribution in [1.82, 2.24) is 9.78 Å². The Morgan fingerprint density at radius 1 is 1.73 bits per heavy atom. The van der Waals surface area contributed by atoms with Gasteiger partial charge < -0.3 is 10.5 Å². The number of nitrogens with zero attached hydrogens (tertiary/aromatic N) is 2. The van der Waals surface area contributed by atoms with Gasteiger partial charge in [0, 0.05) is 19.2 Å². The van der Waals surface area contributed by atoms with E-state index in [-0.39, 0.29) is 5.97 Å². The summed E-state index contributed by atoms with van der Waals surface area (Å²) in [7, 11) is 1.83. The van der Waals surface area contributed by atoms with Crippen molar-refractivity contribution < 1.29 is 9.53 Å². The summed E-state index contributed by atoms with van der Waals surface area (Å²) in [5.74, 6) is -0.364. The molecule has 5 nitrogen and oxygen atoms in total. The predicted octanol–water partition coefficient (Wildman–Crippen LogP) is 0.161. The summed E-state index contributed by atoms with van der Waals surface area (Å²) < 4.78 is 6.56. The Balaban J connectivity index is 2.61. The number of ether oxygens (including phenoxy) is 1. The minimum atomic E-state index is -0.611. The summed E-state index contributed by atoms with van der Waals surface area (Å²) >= 11 is 0. The van der Waals surface area contributed by atoms with Crippen LogP contribution in [0.3, 0.4) is 0 Å². The molecule has 0 amide bonds. The topological polar surface area (TPSA) is 70.1 Å². The zero-order valence-electron chi connectivity index (χ0n) is 9.36. The molecule has 0 aliphatic heterocycles. The van der Waals surface area contributed by atoms with Crippen LogP contribution in [-0.2, 0) is 23.0 Å². The minimum Gasteiger partial charge on any atom is -0.465 e. The van der Waals surface area contributed by atoms with Gasteiger partial charge in [0.2, 0.25) is 0 Å². The molecule has 0 bridgehead atoms. The molecule has 2 N–H and O–H groups in total. The van der Waals surface area contributed by atoms with Gasteiger partial charge in [-0.3, -0.25) is 9.48 Å². The number of aryl methyl sites for hydroxylation is 2. The van der Waals surface area contributed by atoms with Gasteiger partial charge in [0.05, 0.1) is 12.3 Å². The second-order valence-electron chi connectivity index (χ2n) is 3.46. The SMILES string of the molecule is CCOC(=O)C(N)Cc1cc(C)nn1C. The van der Waals surface area contributed by atoms with Gasteiger partial charge in [-0.2, -0.15) is 5.10 Å². The van der Waals surface area contributed by atoms with Crippen molar-refractivity contribution in [2.75, 3.05) is 6.61 Å². The molecular formula is C10H17N3O2. The zero-order valence-corrected chi connectivity index (χ0v) is 9.36. The summed E-state index contributed by atoms with van der Waals surface area (Å²) in [6.45, 7) is 4.02.